The van der Waals surface area contributed by atoms with Crippen molar-refractivity contribution in [3.05, 3.63) is 52.3 Å². The van der Waals surface area contributed by atoms with E-state index in [1.165, 1.54) is 0 Å². The zero-order valence-electron chi connectivity index (χ0n) is 15.3. The van der Waals surface area contributed by atoms with Gasteiger partial charge in [0.2, 0.25) is 0 Å². The molecule has 27 heavy (non-hydrogen) atoms. The Morgan fingerprint density at radius 2 is 2.04 bits per heavy atom. The summed E-state index contributed by atoms with van der Waals surface area (Å²) in [6, 6.07) is 9.51. The second kappa shape index (κ2) is 7.89. The van der Waals surface area contributed by atoms with Crippen LogP contribution in [0.2, 0.25) is 0 Å². The summed E-state index contributed by atoms with van der Waals surface area (Å²) in [5, 5.41) is 17.1. The molecule has 0 atom stereocenters. The predicted octanol–water partition coefficient (Wildman–Crippen LogP) is 1.97. The van der Waals surface area contributed by atoms with Crippen LogP contribution in [-0.2, 0) is 4.79 Å². The van der Waals surface area contributed by atoms with Gasteiger partial charge in [-0.3, -0.25) is 9.59 Å². The molecule has 0 saturated heterocycles. The average molecular weight is 363 g/mol. The number of para-hydroxylation sites is 1. The first-order valence-electron chi connectivity index (χ1n) is 8.70. The van der Waals surface area contributed by atoms with E-state index in [-0.39, 0.29) is 18.4 Å². The van der Waals surface area contributed by atoms with Crippen LogP contribution in [0.3, 0.4) is 0 Å². The Morgan fingerprint density at radius 1 is 1.26 bits per heavy atom. The van der Waals surface area contributed by atoms with Crippen molar-refractivity contribution in [2.24, 2.45) is 0 Å². The largest absolute Gasteiger partial charge is 0.358 e. The Balaban J connectivity index is 1.81. The van der Waals surface area contributed by atoms with Gasteiger partial charge in [0.25, 0.3) is 11.8 Å². The Labute approximate surface area is 157 Å². The van der Waals surface area contributed by atoms with Crippen LogP contribution >= 0.6 is 0 Å². The highest BCUT2D eigenvalue weighted by atomic mass is 16.2. The molecule has 1 aromatic heterocycles. The number of rotatable bonds is 6. The molecule has 2 aromatic rings. The minimum Gasteiger partial charge on any atom is -0.358 e. The molecule has 0 radical (unpaired) electrons. The molecule has 0 bridgehead atoms. The number of carbonyl (C=O) groups is 2. The normalized spacial score (nSPS) is 14.0. The van der Waals surface area contributed by atoms with E-state index in [9.17, 15) is 9.59 Å². The van der Waals surface area contributed by atoms with Gasteiger partial charge >= 0.3 is 0 Å². The van der Waals surface area contributed by atoms with Crippen molar-refractivity contribution in [1.29, 1.82) is 5.26 Å². The third-order valence-corrected chi connectivity index (χ3v) is 4.49. The summed E-state index contributed by atoms with van der Waals surface area (Å²) in [5.74, 6) is -0.335. The zero-order valence-corrected chi connectivity index (χ0v) is 15.3. The topological polar surface area (TPSA) is 110 Å². The molecule has 0 aliphatic carbocycles. The fourth-order valence-electron chi connectivity index (χ4n) is 3.18. The molecular formula is C20H21N5O2. The van der Waals surface area contributed by atoms with Gasteiger partial charge < -0.3 is 20.9 Å². The highest BCUT2D eigenvalue weighted by molar-refractivity contribution is 6.34. The standard InChI is InChI=1S/C20H21N5O2/c1-12-17(11-15-14-5-3-4-6-16(14)25-19(15)26)24-13(2)18(12)20(27)23-10-9-22-8-7-21/h3-6,11,22,24H,8-10H2,1-2H3,(H,23,27)(H,25,26). The monoisotopic (exact) mass is 363 g/mol. The molecule has 2 heterocycles. The minimum atomic E-state index is -0.180. The van der Waals surface area contributed by atoms with E-state index in [4.69, 9.17) is 5.26 Å². The molecule has 0 unspecified atom stereocenters. The van der Waals surface area contributed by atoms with E-state index in [1.807, 2.05) is 44.2 Å². The fraction of sp³-hybridized carbons (Fsp3) is 0.250. The summed E-state index contributed by atoms with van der Waals surface area (Å²) in [6.07, 6.45) is 1.79. The van der Waals surface area contributed by atoms with Crippen molar-refractivity contribution in [2.45, 2.75) is 13.8 Å². The number of fused-ring (bicyclic) bond motifs is 1. The molecule has 2 amide bonds. The van der Waals surface area contributed by atoms with Gasteiger partial charge in [0, 0.05) is 35.7 Å². The van der Waals surface area contributed by atoms with Crippen molar-refractivity contribution in [3.63, 3.8) is 0 Å². The second-order valence-corrected chi connectivity index (χ2v) is 6.31. The van der Waals surface area contributed by atoms with E-state index in [0.717, 1.165) is 28.2 Å². The molecule has 7 heteroatoms. The van der Waals surface area contributed by atoms with Gasteiger partial charge in [-0.05, 0) is 31.6 Å². The third-order valence-electron chi connectivity index (χ3n) is 4.49. The predicted molar refractivity (Wildman–Crippen MR) is 104 cm³/mol. The molecule has 0 fully saturated rings. The lowest BCUT2D eigenvalue weighted by atomic mass is 10.0. The van der Waals surface area contributed by atoms with Crippen LogP contribution in [0.5, 0.6) is 0 Å². The van der Waals surface area contributed by atoms with Gasteiger partial charge in [-0.1, -0.05) is 18.2 Å². The lowest BCUT2D eigenvalue weighted by molar-refractivity contribution is -0.110. The number of H-pyrrole nitrogens is 1. The number of carbonyl (C=O) groups excluding carboxylic acids is 2. The first kappa shape index (κ1) is 18.4. The summed E-state index contributed by atoms with van der Waals surface area (Å²) in [4.78, 5) is 28.0. The van der Waals surface area contributed by atoms with Crippen LogP contribution in [0.25, 0.3) is 11.6 Å². The Hall–Kier alpha value is -3.37. The number of aryl methyl sites for hydroxylation is 1. The molecule has 4 N–H and O–H groups in total. The van der Waals surface area contributed by atoms with Crippen molar-refractivity contribution in [3.8, 4) is 6.07 Å². The third kappa shape index (κ3) is 3.76. The maximum atomic E-state index is 12.5. The highest BCUT2D eigenvalue weighted by Gasteiger charge is 2.25. The molecule has 138 valence electrons. The number of anilines is 1. The van der Waals surface area contributed by atoms with Crippen LogP contribution in [0.1, 0.15) is 32.9 Å². The molecule has 0 saturated carbocycles. The van der Waals surface area contributed by atoms with Gasteiger partial charge in [0.05, 0.1) is 23.8 Å². The maximum absolute atomic E-state index is 12.5. The smallest absolute Gasteiger partial charge is 0.256 e. The van der Waals surface area contributed by atoms with E-state index >= 15 is 0 Å². The average Bonchev–Trinajstić information content (AvgIpc) is 3.11. The van der Waals surface area contributed by atoms with Crippen LogP contribution < -0.4 is 16.0 Å². The summed E-state index contributed by atoms with van der Waals surface area (Å²) in [5.41, 5.74) is 5.06. The van der Waals surface area contributed by atoms with Crippen LogP contribution in [-0.4, -0.2) is 36.4 Å². The number of aromatic amines is 1. The van der Waals surface area contributed by atoms with Gasteiger partial charge in [-0.2, -0.15) is 5.26 Å². The molecule has 1 aliphatic rings. The molecule has 7 nitrogen and oxygen atoms in total. The van der Waals surface area contributed by atoms with Gasteiger partial charge in [-0.25, -0.2) is 0 Å². The Bertz CT molecular complexity index is 965. The number of nitrogens with zero attached hydrogens (tertiary/aromatic N) is 1. The quantitative estimate of drug-likeness (QED) is 0.357. The zero-order chi connectivity index (χ0) is 19.4. The van der Waals surface area contributed by atoms with Crippen molar-refractivity contribution >= 4 is 29.2 Å². The Morgan fingerprint density at radius 3 is 2.81 bits per heavy atom. The first-order chi connectivity index (χ1) is 13.0. The summed E-state index contributed by atoms with van der Waals surface area (Å²) in [6.45, 7) is 4.89. The van der Waals surface area contributed by atoms with Crippen LogP contribution in [0.4, 0.5) is 5.69 Å². The lowest BCUT2D eigenvalue weighted by Crippen LogP contribution is -2.32. The number of aromatic nitrogens is 1. The van der Waals surface area contributed by atoms with E-state index in [2.05, 4.69) is 20.9 Å². The summed E-state index contributed by atoms with van der Waals surface area (Å²) >= 11 is 0. The number of nitrogens with one attached hydrogen (secondary N) is 4. The van der Waals surface area contributed by atoms with Gasteiger partial charge in [-0.15, -0.1) is 0 Å². The summed E-state index contributed by atoms with van der Waals surface area (Å²) in [7, 11) is 0. The maximum Gasteiger partial charge on any atom is 0.256 e. The van der Waals surface area contributed by atoms with Gasteiger partial charge in [0.1, 0.15) is 0 Å². The fourth-order valence-corrected chi connectivity index (χ4v) is 3.18. The molecule has 1 aromatic carbocycles. The number of hydrogen-bond acceptors (Lipinski definition) is 4. The number of amides is 2. The number of hydrogen-bond donors (Lipinski definition) is 4. The van der Waals surface area contributed by atoms with Crippen molar-refractivity contribution < 1.29 is 9.59 Å². The SMILES string of the molecule is Cc1[nH]c(C=C2C(=O)Nc3ccccc32)c(C)c1C(=O)NCCNCC#N. The molecule has 0 spiro atoms. The molecular weight excluding hydrogens is 342 g/mol. The summed E-state index contributed by atoms with van der Waals surface area (Å²) < 4.78 is 0. The van der Waals surface area contributed by atoms with E-state index in [0.29, 0.717) is 24.2 Å². The van der Waals surface area contributed by atoms with Gasteiger partial charge in [0.15, 0.2) is 0 Å². The Kier molecular flexibility index (Phi) is 5.38. The van der Waals surface area contributed by atoms with Crippen molar-refractivity contribution in [2.75, 3.05) is 25.0 Å². The van der Waals surface area contributed by atoms with E-state index < -0.39 is 0 Å². The number of benzene rings is 1. The number of nitriles is 1. The van der Waals surface area contributed by atoms with E-state index in [1.54, 1.807) is 6.08 Å². The van der Waals surface area contributed by atoms with Crippen LogP contribution in [0.15, 0.2) is 24.3 Å². The highest BCUT2D eigenvalue weighted by Crippen LogP contribution is 2.33. The molecule has 1 aliphatic heterocycles. The van der Waals surface area contributed by atoms with Crippen LogP contribution in [0, 0.1) is 25.2 Å². The first-order valence-corrected chi connectivity index (χ1v) is 8.70. The van der Waals surface area contributed by atoms with Crippen molar-refractivity contribution in [1.82, 2.24) is 15.6 Å². The minimum absolute atomic E-state index is 0.155. The lowest BCUT2D eigenvalue weighted by Gasteiger charge is -2.06. The second-order valence-electron chi connectivity index (χ2n) is 6.31. The molecule has 3 rings (SSSR count).